The largest absolute Gasteiger partial charge is 0.345 e. The fourth-order valence-electron chi connectivity index (χ4n) is 5.56. The standard InChI is InChI=1S/C27H22N14/c1-2-6-19-18(5-1)36-24(37-19)23-27(20-17-28-13-14-29-20,25-31-10-4-11-32-25)40(22-8-12-35-38-22)41(21-7-3-9-30-21)39(23)26-33-15-16-34-26/h1-17,23,30H,(H,33,34)(H,35,38)(H,36,37). The molecule has 0 spiro atoms. The SMILES string of the molecule is c1cnc(C2(c3cnccn3)C(c3nc4ccccc4[nH]3)N(c3ncc[nH]3)N(c3ccc[nH]3)N2c2ccn[nH]2)nc1. The molecule has 0 radical (unpaired) electrons. The topological polar surface area (TPSA) is 163 Å². The van der Waals surface area contributed by atoms with Gasteiger partial charge in [-0.25, -0.2) is 30.0 Å². The van der Waals surface area contributed by atoms with Crippen LogP contribution in [0.4, 0.5) is 17.6 Å². The number of imidazole rings is 2. The van der Waals surface area contributed by atoms with E-state index in [0.717, 1.165) is 16.9 Å². The summed E-state index contributed by atoms with van der Waals surface area (Å²) in [6.45, 7) is 0. The third-order valence-corrected chi connectivity index (χ3v) is 7.11. The van der Waals surface area contributed by atoms with Gasteiger partial charge in [-0.15, -0.1) is 0 Å². The van der Waals surface area contributed by atoms with E-state index >= 15 is 0 Å². The van der Waals surface area contributed by atoms with E-state index < -0.39 is 11.6 Å². The summed E-state index contributed by atoms with van der Waals surface area (Å²) in [6, 6.07) is 14.8. The molecular weight excluding hydrogens is 520 g/mol. The van der Waals surface area contributed by atoms with Gasteiger partial charge in [-0.1, -0.05) is 12.1 Å². The Bertz CT molecular complexity index is 1790. The Kier molecular flexibility index (Phi) is 5.03. The second kappa shape index (κ2) is 9.01. The quantitative estimate of drug-likeness (QED) is 0.245. The summed E-state index contributed by atoms with van der Waals surface area (Å²) in [5.74, 6) is 3.04. The highest BCUT2D eigenvalue weighted by molar-refractivity contribution is 5.76. The van der Waals surface area contributed by atoms with Gasteiger partial charge < -0.3 is 15.0 Å². The molecule has 7 heterocycles. The van der Waals surface area contributed by atoms with Crippen molar-refractivity contribution >= 4 is 28.6 Å². The molecule has 2 unspecified atom stereocenters. The Balaban J connectivity index is 1.55. The molecule has 0 amide bonds. The van der Waals surface area contributed by atoms with Crippen molar-refractivity contribution in [3.8, 4) is 0 Å². The number of anilines is 3. The number of nitrogens with zero attached hydrogens (tertiary/aromatic N) is 10. The minimum absolute atomic E-state index is 0.464. The Morgan fingerprint density at radius 2 is 1.68 bits per heavy atom. The summed E-state index contributed by atoms with van der Waals surface area (Å²) in [5, 5.41) is 13.5. The highest BCUT2D eigenvalue weighted by atomic mass is 16.0. The van der Waals surface area contributed by atoms with Crippen LogP contribution in [0.2, 0.25) is 0 Å². The molecule has 1 aliphatic heterocycles. The smallest absolute Gasteiger partial charge is 0.224 e. The molecule has 41 heavy (non-hydrogen) atoms. The van der Waals surface area contributed by atoms with Crippen LogP contribution in [0.15, 0.2) is 104 Å². The molecule has 1 aliphatic rings. The van der Waals surface area contributed by atoms with Gasteiger partial charge in [-0.3, -0.25) is 15.1 Å². The number of hydrazine groups is 2. The van der Waals surface area contributed by atoms with Crippen LogP contribution in [0.1, 0.15) is 23.4 Å². The van der Waals surface area contributed by atoms with Crippen molar-refractivity contribution in [1.82, 2.24) is 55.1 Å². The van der Waals surface area contributed by atoms with Gasteiger partial charge in [-0.05, 0) is 30.3 Å². The fraction of sp³-hybridized carbons (Fsp3) is 0.0741. The van der Waals surface area contributed by atoms with Gasteiger partial charge in [0, 0.05) is 49.4 Å². The Labute approximate surface area is 232 Å². The monoisotopic (exact) mass is 542 g/mol. The van der Waals surface area contributed by atoms with Gasteiger partial charge in [0.2, 0.25) is 5.95 Å². The third kappa shape index (κ3) is 3.33. The van der Waals surface area contributed by atoms with E-state index in [1.54, 1.807) is 55.6 Å². The van der Waals surface area contributed by atoms with Crippen molar-refractivity contribution in [2.45, 2.75) is 11.6 Å². The number of H-pyrrole nitrogens is 4. The van der Waals surface area contributed by atoms with Crippen LogP contribution in [0.25, 0.3) is 11.0 Å². The van der Waals surface area contributed by atoms with Crippen LogP contribution in [-0.2, 0) is 5.54 Å². The number of aromatic amines is 4. The number of hydrogen-bond acceptors (Lipinski definition) is 10. The molecule has 1 aromatic carbocycles. The lowest BCUT2D eigenvalue weighted by molar-refractivity contribution is 0.413. The van der Waals surface area contributed by atoms with Gasteiger partial charge in [-0.2, -0.15) is 10.2 Å². The minimum Gasteiger partial charge on any atom is -0.345 e. The second-order valence-electron chi connectivity index (χ2n) is 9.33. The molecule has 2 atom stereocenters. The summed E-state index contributed by atoms with van der Waals surface area (Å²) >= 11 is 0. The van der Waals surface area contributed by atoms with Gasteiger partial charge in [0.25, 0.3) is 0 Å². The number of para-hydroxylation sites is 2. The first kappa shape index (κ1) is 22.9. The van der Waals surface area contributed by atoms with Gasteiger partial charge >= 0.3 is 0 Å². The number of fused-ring (bicyclic) bond motifs is 1. The lowest BCUT2D eigenvalue weighted by Gasteiger charge is -2.39. The van der Waals surface area contributed by atoms with Gasteiger partial charge in [0.15, 0.2) is 17.4 Å². The molecule has 0 saturated carbocycles. The van der Waals surface area contributed by atoms with E-state index in [0.29, 0.717) is 29.1 Å². The molecule has 4 N–H and O–H groups in total. The normalized spacial score (nSPS) is 18.9. The summed E-state index contributed by atoms with van der Waals surface area (Å²) < 4.78 is 0. The van der Waals surface area contributed by atoms with E-state index in [4.69, 9.17) is 24.9 Å². The zero-order valence-electron chi connectivity index (χ0n) is 21.4. The summed E-state index contributed by atoms with van der Waals surface area (Å²) in [6.07, 6.45) is 15.5. The average Bonchev–Trinajstić information content (AvgIpc) is 3.85. The maximum Gasteiger partial charge on any atom is 0.224 e. The number of rotatable bonds is 6. The van der Waals surface area contributed by atoms with Crippen LogP contribution in [-0.4, -0.2) is 55.1 Å². The Hall–Kier alpha value is -6.05. The lowest BCUT2D eigenvalue weighted by atomic mass is 9.84. The molecule has 6 aromatic heterocycles. The van der Waals surface area contributed by atoms with Crippen molar-refractivity contribution in [3.05, 3.63) is 122 Å². The number of nitrogens with one attached hydrogen (secondary N) is 4. The zero-order chi connectivity index (χ0) is 27.2. The molecule has 1 fully saturated rings. The van der Waals surface area contributed by atoms with Crippen LogP contribution in [0.3, 0.4) is 0 Å². The van der Waals surface area contributed by atoms with Crippen LogP contribution >= 0.6 is 0 Å². The van der Waals surface area contributed by atoms with Crippen molar-refractivity contribution in [1.29, 1.82) is 0 Å². The van der Waals surface area contributed by atoms with Crippen molar-refractivity contribution in [3.63, 3.8) is 0 Å². The molecule has 14 heteroatoms. The molecule has 7 aromatic rings. The van der Waals surface area contributed by atoms with E-state index in [1.807, 2.05) is 63.8 Å². The molecule has 14 nitrogen and oxygen atoms in total. The Morgan fingerprint density at radius 3 is 2.41 bits per heavy atom. The van der Waals surface area contributed by atoms with Crippen LogP contribution < -0.4 is 15.1 Å². The second-order valence-corrected chi connectivity index (χ2v) is 9.33. The van der Waals surface area contributed by atoms with E-state index in [9.17, 15) is 0 Å². The summed E-state index contributed by atoms with van der Waals surface area (Å²) in [5.41, 5.74) is 1.02. The first-order chi connectivity index (χ1) is 20.4. The predicted octanol–water partition coefficient (Wildman–Crippen LogP) is 3.27. The number of hydrogen-bond donors (Lipinski definition) is 4. The highest BCUT2D eigenvalue weighted by Crippen LogP contribution is 2.55. The zero-order valence-corrected chi connectivity index (χ0v) is 21.4. The third-order valence-electron chi connectivity index (χ3n) is 7.11. The molecule has 200 valence electrons. The van der Waals surface area contributed by atoms with Crippen LogP contribution in [0, 0.1) is 0 Å². The number of aromatic nitrogens is 11. The van der Waals surface area contributed by atoms with Crippen molar-refractivity contribution in [2.75, 3.05) is 15.1 Å². The maximum atomic E-state index is 5.10. The van der Waals surface area contributed by atoms with Gasteiger partial charge in [0.1, 0.15) is 17.5 Å². The predicted molar refractivity (Wildman–Crippen MR) is 149 cm³/mol. The van der Waals surface area contributed by atoms with E-state index in [1.165, 1.54) is 0 Å². The first-order valence-electron chi connectivity index (χ1n) is 12.9. The highest BCUT2D eigenvalue weighted by Gasteiger charge is 2.66. The molecule has 8 rings (SSSR count). The maximum absolute atomic E-state index is 5.10. The summed E-state index contributed by atoms with van der Waals surface area (Å²) in [4.78, 5) is 39.1. The van der Waals surface area contributed by atoms with Crippen molar-refractivity contribution in [2.24, 2.45) is 0 Å². The molecule has 1 saturated heterocycles. The van der Waals surface area contributed by atoms with E-state index in [2.05, 4.69) is 30.1 Å². The fourth-order valence-corrected chi connectivity index (χ4v) is 5.56. The van der Waals surface area contributed by atoms with Crippen molar-refractivity contribution < 1.29 is 0 Å². The first-order valence-corrected chi connectivity index (χ1v) is 12.9. The molecule has 0 bridgehead atoms. The molecule has 0 aliphatic carbocycles. The minimum atomic E-state index is -1.26. The number of benzene rings is 1. The Morgan fingerprint density at radius 1 is 0.756 bits per heavy atom. The van der Waals surface area contributed by atoms with Gasteiger partial charge in [0.05, 0.1) is 29.1 Å². The van der Waals surface area contributed by atoms with E-state index in [-0.39, 0.29) is 0 Å². The van der Waals surface area contributed by atoms with Crippen LogP contribution in [0.5, 0.6) is 0 Å². The lowest BCUT2D eigenvalue weighted by Crippen LogP contribution is -2.53. The summed E-state index contributed by atoms with van der Waals surface area (Å²) in [7, 11) is 0. The molecular formula is C27H22N14. The average molecular weight is 543 g/mol.